The number of nitrogens with one attached hydrogen (secondary N) is 3. The predicted octanol–water partition coefficient (Wildman–Crippen LogP) is 5.75. The topological polar surface area (TPSA) is 90.5 Å². The number of rotatable bonds is 14. The van der Waals surface area contributed by atoms with Gasteiger partial charge in [-0.1, -0.05) is 109 Å². The molecule has 248 valence electrons. The van der Waals surface area contributed by atoms with Crippen LogP contribution in [0.3, 0.4) is 0 Å². The van der Waals surface area contributed by atoms with E-state index in [1.54, 1.807) is 5.57 Å². The molecule has 3 aromatic carbocycles. The number of carbonyl (C=O) groups is 3. The minimum Gasteiger partial charge on any atom is -0.356 e. The zero-order valence-electron chi connectivity index (χ0n) is 27.6. The third-order valence-corrected chi connectivity index (χ3v) is 9.60. The zero-order valence-corrected chi connectivity index (χ0v) is 27.6. The normalized spacial score (nSPS) is 17.2. The monoisotopic (exact) mass is 634 g/mol. The summed E-state index contributed by atoms with van der Waals surface area (Å²) in [4.78, 5) is 41.3. The lowest BCUT2D eigenvalue weighted by Gasteiger charge is -2.35. The predicted molar refractivity (Wildman–Crippen MR) is 188 cm³/mol. The molecule has 1 atom stereocenters. The smallest absolute Gasteiger partial charge is 0.239 e. The highest BCUT2D eigenvalue weighted by Crippen LogP contribution is 2.42. The Kier molecular flexibility index (Phi) is 12.8. The number of likely N-dealkylation sites (tertiary alicyclic amines) is 1. The molecule has 0 saturated carbocycles. The molecule has 5 rings (SSSR count). The number of carbonyl (C=O) groups excluding carboxylic acids is 3. The van der Waals surface area contributed by atoms with E-state index in [1.807, 2.05) is 91.0 Å². The van der Waals surface area contributed by atoms with Crippen molar-refractivity contribution in [1.82, 2.24) is 20.9 Å². The second-order valence-electron chi connectivity index (χ2n) is 13.1. The number of hydrogen-bond acceptors (Lipinski definition) is 4. The van der Waals surface area contributed by atoms with Gasteiger partial charge in [0.25, 0.3) is 0 Å². The van der Waals surface area contributed by atoms with E-state index < -0.39 is 5.41 Å². The molecule has 2 aliphatic rings. The molecule has 3 aromatic rings. The van der Waals surface area contributed by atoms with Crippen molar-refractivity contribution in [1.29, 1.82) is 0 Å². The van der Waals surface area contributed by atoms with E-state index in [2.05, 4.69) is 26.9 Å². The maximum Gasteiger partial charge on any atom is 0.239 e. The largest absolute Gasteiger partial charge is 0.356 e. The van der Waals surface area contributed by atoms with Crippen LogP contribution in [0.4, 0.5) is 0 Å². The number of allylic oxidation sites excluding steroid dienone is 1. The van der Waals surface area contributed by atoms with Gasteiger partial charge in [-0.05, 0) is 67.7 Å². The second-order valence-corrected chi connectivity index (χ2v) is 13.1. The Hall–Kier alpha value is -4.23. The molecule has 7 nitrogen and oxygen atoms in total. The first-order valence-corrected chi connectivity index (χ1v) is 17.4. The van der Waals surface area contributed by atoms with Gasteiger partial charge in [-0.15, -0.1) is 0 Å². The van der Waals surface area contributed by atoms with E-state index in [0.717, 1.165) is 42.7 Å². The first-order chi connectivity index (χ1) is 23.0. The van der Waals surface area contributed by atoms with Gasteiger partial charge in [0.05, 0.1) is 12.0 Å². The quantitative estimate of drug-likeness (QED) is 0.156. The summed E-state index contributed by atoms with van der Waals surface area (Å²) >= 11 is 0. The van der Waals surface area contributed by atoms with E-state index >= 15 is 0 Å². The molecule has 3 N–H and O–H groups in total. The van der Waals surface area contributed by atoms with Crippen molar-refractivity contribution in [3.63, 3.8) is 0 Å². The summed E-state index contributed by atoms with van der Waals surface area (Å²) in [6, 6.07) is 30.1. The molecular formula is C40H50N4O3. The number of hydrogen-bond donors (Lipinski definition) is 3. The Labute approximate surface area is 280 Å². The van der Waals surface area contributed by atoms with Crippen LogP contribution >= 0.6 is 0 Å². The second kappa shape index (κ2) is 17.6. The zero-order chi connectivity index (χ0) is 32.7. The fraction of sp³-hybridized carbons (Fsp3) is 0.425. The Morgan fingerprint density at radius 1 is 0.702 bits per heavy atom. The molecule has 1 saturated heterocycles. The van der Waals surface area contributed by atoms with Crippen molar-refractivity contribution >= 4 is 17.7 Å². The van der Waals surface area contributed by atoms with Gasteiger partial charge in [0.15, 0.2) is 0 Å². The molecule has 0 unspecified atom stereocenters. The van der Waals surface area contributed by atoms with E-state index in [0.29, 0.717) is 12.5 Å². The summed E-state index contributed by atoms with van der Waals surface area (Å²) in [6.07, 6.45) is 11.5. The molecule has 0 aromatic heterocycles. The van der Waals surface area contributed by atoms with Gasteiger partial charge >= 0.3 is 0 Å². The van der Waals surface area contributed by atoms with Gasteiger partial charge in [-0.25, -0.2) is 0 Å². The van der Waals surface area contributed by atoms with Crippen molar-refractivity contribution in [3.05, 3.63) is 119 Å². The first-order valence-electron chi connectivity index (χ1n) is 17.4. The molecule has 7 heteroatoms. The minimum absolute atomic E-state index is 0.0590. The lowest BCUT2D eigenvalue weighted by Crippen LogP contribution is -2.43. The summed E-state index contributed by atoms with van der Waals surface area (Å²) < 4.78 is 0. The van der Waals surface area contributed by atoms with Crippen LogP contribution in [-0.4, -0.2) is 61.9 Å². The summed E-state index contributed by atoms with van der Waals surface area (Å²) in [5.41, 5.74) is 3.86. The maximum absolute atomic E-state index is 13.5. The van der Waals surface area contributed by atoms with Crippen LogP contribution in [0.5, 0.6) is 0 Å². The highest BCUT2D eigenvalue weighted by Gasteiger charge is 2.38. The van der Waals surface area contributed by atoms with E-state index in [4.69, 9.17) is 0 Å². The van der Waals surface area contributed by atoms with E-state index in [1.165, 1.54) is 38.5 Å². The van der Waals surface area contributed by atoms with Crippen LogP contribution < -0.4 is 16.0 Å². The van der Waals surface area contributed by atoms with Gasteiger partial charge in [0, 0.05) is 39.0 Å². The van der Waals surface area contributed by atoms with Gasteiger partial charge in [0.2, 0.25) is 17.7 Å². The molecule has 1 fully saturated rings. The average Bonchev–Trinajstić information content (AvgIpc) is 3.39. The summed E-state index contributed by atoms with van der Waals surface area (Å²) in [5.74, 6) is -0.145. The Morgan fingerprint density at radius 2 is 1.34 bits per heavy atom. The number of nitrogens with zero attached hydrogens (tertiary/aromatic N) is 1. The highest BCUT2D eigenvalue weighted by atomic mass is 16.2. The molecule has 1 aliphatic carbocycles. The number of amides is 3. The molecular weight excluding hydrogens is 584 g/mol. The average molecular weight is 635 g/mol. The number of piperidine rings is 1. The van der Waals surface area contributed by atoms with Crippen molar-refractivity contribution in [2.75, 3.05) is 39.3 Å². The third-order valence-electron chi connectivity index (χ3n) is 9.60. The fourth-order valence-corrected chi connectivity index (χ4v) is 7.15. The molecule has 1 aliphatic heterocycles. The summed E-state index contributed by atoms with van der Waals surface area (Å²) in [5, 5.41) is 8.70. The molecule has 0 bridgehead atoms. The van der Waals surface area contributed by atoms with Gasteiger partial charge in [-0.2, -0.15) is 0 Å². The summed E-state index contributed by atoms with van der Waals surface area (Å²) in [7, 11) is 0. The molecule has 0 spiro atoms. The lowest BCUT2D eigenvalue weighted by atomic mass is 9.67. The SMILES string of the molecule is O=C(CCNC(=O)CNC(=O)CC(c1ccccc1)(c1ccccc1)c1ccccc1)NC[C@H]1CCCN(CC2=CCCCCC2)C1. The maximum atomic E-state index is 13.5. The minimum atomic E-state index is -0.732. The number of benzene rings is 3. The Balaban J connectivity index is 1.07. The van der Waals surface area contributed by atoms with Crippen molar-refractivity contribution in [2.24, 2.45) is 5.92 Å². The van der Waals surface area contributed by atoms with Crippen molar-refractivity contribution in [2.45, 2.75) is 63.2 Å². The Bertz CT molecular complexity index is 1360. The van der Waals surface area contributed by atoms with Gasteiger partial charge < -0.3 is 16.0 Å². The van der Waals surface area contributed by atoms with E-state index in [9.17, 15) is 14.4 Å². The van der Waals surface area contributed by atoms with Gasteiger partial charge in [-0.3, -0.25) is 19.3 Å². The standard InChI is InChI=1S/C40H50N4O3/c45-37(42-28-33-17-14-26-44(31-33)30-32-15-6-1-2-7-16-32)24-25-41-39(47)29-43-38(46)27-40(34-18-8-3-9-19-34,35-20-10-4-11-21-35)36-22-12-5-13-23-36/h3-5,8-13,15,18-23,33H,1-2,6-7,14,16-17,24-31H2,(H,41,47)(H,42,45)(H,43,46)/t33-/m1/s1. The fourth-order valence-electron chi connectivity index (χ4n) is 7.15. The van der Waals surface area contributed by atoms with Crippen LogP contribution in [0, 0.1) is 5.92 Å². The lowest BCUT2D eigenvalue weighted by molar-refractivity contribution is -0.126. The first kappa shape index (κ1) is 34.1. The van der Waals surface area contributed by atoms with Crippen LogP contribution in [0.25, 0.3) is 0 Å². The van der Waals surface area contributed by atoms with Crippen LogP contribution in [0.2, 0.25) is 0 Å². The molecule has 3 amide bonds. The molecule has 47 heavy (non-hydrogen) atoms. The van der Waals surface area contributed by atoms with Gasteiger partial charge in [0.1, 0.15) is 0 Å². The van der Waals surface area contributed by atoms with Crippen LogP contribution in [0.1, 0.15) is 74.5 Å². The van der Waals surface area contributed by atoms with E-state index in [-0.39, 0.29) is 43.7 Å². The van der Waals surface area contributed by atoms with Crippen LogP contribution in [-0.2, 0) is 19.8 Å². The van der Waals surface area contributed by atoms with Crippen molar-refractivity contribution < 1.29 is 14.4 Å². The molecule has 1 heterocycles. The van der Waals surface area contributed by atoms with Crippen molar-refractivity contribution in [3.8, 4) is 0 Å². The third kappa shape index (κ3) is 9.88. The summed E-state index contributed by atoms with van der Waals surface area (Å²) in [6.45, 7) is 3.98. The van der Waals surface area contributed by atoms with Crippen LogP contribution in [0.15, 0.2) is 103 Å². The molecule has 0 radical (unpaired) electrons. The highest BCUT2D eigenvalue weighted by molar-refractivity contribution is 5.86. The Morgan fingerprint density at radius 3 is 1.98 bits per heavy atom.